The molecule has 0 radical (unpaired) electrons. The number of aliphatic carboxylic acids is 1. The Balaban J connectivity index is 1.66. The molecule has 2 amide bonds. The summed E-state index contributed by atoms with van der Waals surface area (Å²) in [7, 11) is 0. The van der Waals surface area contributed by atoms with Crippen LogP contribution in [0.25, 0.3) is 5.69 Å². The molecule has 1 unspecified atom stereocenters. The minimum Gasteiger partial charge on any atom is -0.481 e. The number of benzene rings is 1. The molecule has 2 N–H and O–H groups in total. The summed E-state index contributed by atoms with van der Waals surface area (Å²) in [4.78, 5) is 25.0. The normalized spacial score (nSPS) is 17.3. The third kappa shape index (κ3) is 4.17. The average molecular weight is 342 g/mol. The fraction of sp³-hybridized carbons (Fsp3) is 0.389. The predicted molar refractivity (Wildman–Crippen MR) is 93.9 cm³/mol. The minimum absolute atomic E-state index is 0.0145. The maximum absolute atomic E-state index is 12.5. The van der Waals surface area contributed by atoms with Crippen molar-refractivity contribution in [3.05, 3.63) is 42.1 Å². The summed E-state index contributed by atoms with van der Waals surface area (Å²) in [6.07, 6.45) is 1.77. The van der Waals surface area contributed by atoms with Crippen LogP contribution < -0.4 is 5.32 Å². The summed E-state index contributed by atoms with van der Waals surface area (Å²) in [5.74, 6) is -0.309. The molecule has 0 saturated carbocycles. The van der Waals surface area contributed by atoms with Crippen LogP contribution >= 0.6 is 0 Å². The molecule has 2 heterocycles. The summed E-state index contributed by atoms with van der Waals surface area (Å²) in [6.45, 7) is 3.04. The number of carboxylic acid groups (broad SMARTS) is 1. The number of carboxylic acids is 1. The van der Waals surface area contributed by atoms with Gasteiger partial charge in [-0.1, -0.05) is 18.2 Å². The van der Waals surface area contributed by atoms with Crippen LogP contribution in [0, 0.1) is 12.8 Å². The number of amides is 2. The van der Waals surface area contributed by atoms with Gasteiger partial charge in [-0.2, -0.15) is 0 Å². The van der Waals surface area contributed by atoms with E-state index in [1.165, 1.54) is 0 Å². The van der Waals surface area contributed by atoms with Gasteiger partial charge in [0.1, 0.15) is 0 Å². The summed E-state index contributed by atoms with van der Waals surface area (Å²) < 4.78 is 1.78. The molecule has 132 valence electrons. The highest BCUT2D eigenvalue weighted by atomic mass is 16.4. The molecule has 2 aromatic rings. The molecule has 1 aliphatic heterocycles. The Morgan fingerprint density at radius 1 is 1.32 bits per heavy atom. The number of rotatable bonds is 4. The number of nitrogens with zero attached hydrogens (tertiary/aromatic N) is 3. The van der Waals surface area contributed by atoms with Crippen LogP contribution in [0.4, 0.5) is 10.6 Å². The lowest BCUT2D eigenvalue weighted by molar-refractivity contribution is -0.138. The second-order valence-corrected chi connectivity index (χ2v) is 6.40. The number of hydrogen-bond donors (Lipinski definition) is 2. The first-order valence-corrected chi connectivity index (χ1v) is 8.43. The Kier molecular flexibility index (Phi) is 5.02. The highest BCUT2D eigenvalue weighted by Crippen LogP contribution is 2.21. The van der Waals surface area contributed by atoms with Crippen molar-refractivity contribution in [2.45, 2.75) is 26.2 Å². The largest absolute Gasteiger partial charge is 0.481 e. The van der Waals surface area contributed by atoms with Gasteiger partial charge in [-0.15, -0.1) is 5.10 Å². The van der Waals surface area contributed by atoms with Gasteiger partial charge in [-0.25, -0.2) is 9.48 Å². The maximum Gasteiger partial charge on any atom is 0.323 e. The number of urea groups is 1. The standard InChI is InChI=1S/C18H22N4O3/c1-13-10-16(20-22(13)15-7-3-2-4-8-15)19-18(25)21-9-5-6-14(12-21)11-17(23)24/h2-4,7-8,10,14H,5-6,9,11-12H2,1H3,(H,23,24)(H,19,20,25). The lowest BCUT2D eigenvalue weighted by Gasteiger charge is -2.31. The van der Waals surface area contributed by atoms with Crippen molar-refractivity contribution >= 4 is 17.8 Å². The number of likely N-dealkylation sites (tertiary alicyclic amines) is 1. The van der Waals surface area contributed by atoms with Gasteiger partial charge in [0.05, 0.1) is 5.69 Å². The quantitative estimate of drug-likeness (QED) is 0.894. The van der Waals surface area contributed by atoms with E-state index in [0.717, 1.165) is 24.2 Å². The zero-order valence-corrected chi connectivity index (χ0v) is 14.2. The first-order valence-electron chi connectivity index (χ1n) is 8.43. The predicted octanol–water partition coefficient (Wildman–Crippen LogP) is 2.90. The van der Waals surface area contributed by atoms with Crippen LogP contribution in [0.1, 0.15) is 25.0 Å². The molecule has 0 bridgehead atoms. The van der Waals surface area contributed by atoms with E-state index in [1.807, 2.05) is 43.3 Å². The minimum atomic E-state index is -0.815. The van der Waals surface area contributed by atoms with Crippen LogP contribution in [-0.4, -0.2) is 44.9 Å². The number of para-hydroxylation sites is 1. The van der Waals surface area contributed by atoms with E-state index in [-0.39, 0.29) is 18.4 Å². The Morgan fingerprint density at radius 3 is 2.80 bits per heavy atom. The summed E-state index contributed by atoms with van der Waals surface area (Å²) in [6, 6.07) is 11.3. The molecule has 7 nitrogen and oxygen atoms in total. The van der Waals surface area contributed by atoms with Crippen molar-refractivity contribution in [3.8, 4) is 5.69 Å². The summed E-state index contributed by atoms with van der Waals surface area (Å²) >= 11 is 0. The second kappa shape index (κ2) is 7.38. The highest BCUT2D eigenvalue weighted by molar-refractivity contribution is 5.88. The summed E-state index contributed by atoms with van der Waals surface area (Å²) in [5, 5.41) is 16.2. The highest BCUT2D eigenvalue weighted by Gasteiger charge is 2.25. The first-order chi connectivity index (χ1) is 12.0. The van der Waals surface area contributed by atoms with Crippen molar-refractivity contribution in [1.29, 1.82) is 0 Å². The van der Waals surface area contributed by atoms with Crippen LogP contribution in [0.15, 0.2) is 36.4 Å². The number of carbonyl (C=O) groups excluding carboxylic acids is 1. The van der Waals surface area contributed by atoms with Crippen molar-refractivity contribution in [2.75, 3.05) is 18.4 Å². The molecule has 1 fully saturated rings. The molecule has 1 aliphatic rings. The zero-order chi connectivity index (χ0) is 17.8. The molecular formula is C18H22N4O3. The second-order valence-electron chi connectivity index (χ2n) is 6.40. The van der Waals surface area contributed by atoms with Gasteiger partial charge in [0.2, 0.25) is 0 Å². The Labute approximate surface area is 146 Å². The Hall–Kier alpha value is -2.83. The number of nitrogens with one attached hydrogen (secondary N) is 1. The number of carbonyl (C=O) groups is 2. The molecule has 3 rings (SSSR count). The fourth-order valence-corrected chi connectivity index (χ4v) is 3.22. The number of hydrogen-bond acceptors (Lipinski definition) is 3. The van der Waals surface area contributed by atoms with Crippen molar-refractivity contribution in [2.24, 2.45) is 5.92 Å². The van der Waals surface area contributed by atoms with E-state index in [2.05, 4.69) is 10.4 Å². The fourth-order valence-electron chi connectivity index (χ4n) is 3.22. The van der Waals surface area contributed by atoms with Gasteiger partial charge in [0.15, 0.2) is 5.82 Å². The Bertz CT molecular complexity index is 757. The van der Waals surface area contributed by atoms with E-state index in [0.29, 0.717) is 18.9 Å². The topological polar surface area (TPSA) is 87.5 Å². The van der Waals surface area contributed by atoms with Crippen LogP contribution in [0.3, 0.4) is 0 Å². The molecule has 1 atom stereocenters. The van der Waals surface area contributed by atoms with E-state index in [1.54, 1.807) is 9.58 Å². The lowest BCUT2D eigenvalue weighted by atomic mass is 9.95. The van der Waals surface area contributed by atoms with E-state index < -0.39 is 5.97 Å². The molecular weight excluding hydrogens is 320 g/mol. The van der Waals surface area contributed by atoms with E-state index in [4.69, 9.17) is 5.11 Å². The van der Waals surface area contributed by atoms with Crippen LogP contribution in [-0.2, 0) is 4.79 Å². The molecule has 1 aromatic carbocycles. The molecule has 0 aliphatic carbocycles. The van der Waals surface area contributed by atoms with Gasteiger partial charge in [0.25, 0.3) is 0 Å². The van der Waals surface area contributed by atoms with Crippen molar-refractivity contribution in [3.63, 3.8) is 0 Å². The Morgan fingerprint density at radius 2 is 2.08 bits per heavy atom. The van der Waals surface area contributed by atoms with Gasteiger partial charge in [-0.3, -0.25) is 10.1 Å². The summed E-state index contributed by atoms with van der Waals surface area (Å²) in [5.41, 5.74) is 1.85. The molecule has 1 saturated heterocycles. The number of aromatic nitrogens is 2. The third-order valence-electron chi connectivity index (χ3n) is 4.39. The van der Waals surface area contributed by atoms with Crippen molar-refractivity contribution in [1.82, 2.24) is 14.7 Å². The van der Waals surface area contributed by atoms with Crippen LogP contribution in [0.2, 0.25) is 0 Å². The lowest BCUT2D eigenvalue weighted by Crippen LogP contribution is -2.42. The number of anilines is 1. The van der Waals surface area contributed by atoms with Gasteiger partial charge in [-0.05, 0) is 37.8 Å². The molecule has 25 heavy (non-hydrogen) atoms. The smallest absolute Gasteiger partial charge is 0.323 e. The van der Waals surface area contributed by atoms with Crippen molar-refractivity contribution < 1.29 is 14.7 Å². The third-order valence-corrected chi connectivity index (χ3v) is 4.39. The van der Waals surface area contributed by atoms with Gasteiger partial charge in [0, 0.05) is 31.3 Å². The molecule has 0 spiro atoms. The number of piperidine rings is 1. The van der Waals surface area contributed by atoms with Crippen LogP contribution in [0.5, 0.6) is 0 Å². The zero-order valence-electron chi connectivity index (χ0n) is 14.2. The van der Waals surface area contributed by atoms with Gasteiger partial charge < -0.3 is 10.0 Å². The number of aryl methyl sites for hydroxylation is 1. The maximum atomic E-state index is 12.5. The monoisotopic (exact) mass is 342 g/mol. The van der Waals surface area contributed by atoms with E-state index >= 15 is 0 Å². The molecule has 7 heteroatoms. The van der Waals surface area contributed by atoms with E-state index in [9.17, 15) is 9.59 Å². The average Bonchev–Trinajstić information content (AvgIpc) is 2.95. The SMILES string of the molecule is Cc1cc(NC(=O)N2CCCC(CC(=O)O)C2)nn1-c1ccccc1. The van der Waals surface area contributed by atoms with Gasteiger partial charge >= 0.3 is 12.0 Å². The molecule has 1 aromatic heterocycles. The first kappa shape index (κ1) is 17.0.